The molecule has 0 heterocycles. The van der Waals surface area contributed by atoms with Crippen molar-refractivity contribution in [3.8, 4) is 11.8 Å². The molecule has 40 heavy (non-hydrogen) atoms. The summed E-state index contributed by atoms with van der Waals surface area (Å²) in [5, 5.41) is 0. The van der Waals surface area contributed by atoms with Crippen molar-refractivity contribution in [2.24, 2.45) is 22.7 Å². The lowest BCUT2D eigenvalue weighted by atomic mass is 9.70. The molecule has 2 aliphatic carbocycles. The Balaban J connectivity index is 1.80. The third kappa shape index (κ3) is 11.4. The number of hydrogen-bond acceptors (Lipinski definition) is 0. The van der Waals surface area contributed by atoms with Gasteiger partial charge in [0.15, 0.2) is 0 Å². The molecule has 0 saturated carbocycles. The van der Waals surface area contributed by atoms with Gasteiger partial charge in [-0.15, -0.1) is 0 Å². The Morgan fingerprint density at radius 1 is 1.02 bits per heavy atom. The van der Waals surface area contributed by atoms with Gasteiger partial charge < -0.3 is 0 Å². The van der Waals surface area contributed by atoms with E-state index >= 15 is 0 Å². The highest BCUT2D eigenvalue weighted by Crippen LogP contribution is 2.41. The molecule has 2 rings (SSSR count). The average molecular weight is 537 g/mol. The molecule has 0 radical (unpaired) electrons. The topological polar surface area (TPSA) is 0 Å². The largest absolute Gasteiger partial charge is 0.0976 e. The van der Waals surface area contributed by atoms with Crippen LogP contribution in [0.3, 0.4) is 0 Å². The zero-order valence-corrected chi connectivity index (χ0v) is 27.3. The van der Waals surface area contributed by atoms with E-state index in [-0.39, 0.29) is 5.41 Å². The lowest BCUT2D eigenvalue weighted by Gasteiger charge is -2.35. The van der Waals surface area contributed by atoms with E-state index in [1.54, 1.807) is 5.57 Å². The van der Waals surface area contributed by atoms with E-state index < -0.39 is 0 Å². The maximum Gasteiger partial charge on any atom is 0.0153 e. The predicted molar refractivity (Wildman–Crippen MR) is 180 cm³/mol. The third-order valence-corrected chi connectivity index (χ3v) is 8.56. The molecule has 0 aromatic rings. The minimum absolute atomic E-state index is 0.248. The summed E-state index contributed by atoms with van der Waals surface area (Å²) in [4.78, 5) is 0. The van der Waals surface area contributed by atoms with Gasteiger partial charge in [-0.25, -0.2) is 0 Å². The van der Waals surface area contributed by atoms with Crippen molar-refractivity contribution in [2.75, 3.05) is 0 Å². The van der Waals surface area contributed by atoms with Crippen LogP contribution in [0.15, 0.2) is 106 Å². The van der Waals surface area contributed by atoms with E-state index in [1.165, 1.54) is 48.0 Å². The zero-order valence-electron chi connectivity index (χ0n) is 27.3. The van der Waals surface area contributed by atoms with Crippen molar-refractivity contribution in [2.45, 2.75) is 108 Å². The molecule has 0 saturated heterocycles. The maximum atomic E-state index is 3.37. The lowest BCUT2D eigenvalue weighted by molar-refractivity contribution is 0.304. The Morgan fingerprint density at radius 3 is 2.45 bits per heavy atom. The van der Waals surface area contributed by atoms with Gasteiger partial charge in [-0.1, -0.05) is 142 Å². The molecule has 2 aliphatic rings. The van der Waals surface area contributed by atoms with Gasteiger partial charge in [-0.2, -0.15) is 0 Å². The highest BCUT2D eigenvalue weighted by molar-refractivity contribution is 5.34. The summed E-state index contributed by atoms with van der Waals surface area (Å²) >= 11 is 0. The fraction of sp³-hybridized carbons (Fsp3) is 0.500. The molecule has 0 nitrogen and oxygen atoms in total. The average Bonchev–Trinajstić information content (AvgIpc) is 2.85. The first-order valence-corrected chi connectivity index (χ1v) is 15.4. The lowest BCUT2D eigenvalue weighted by Crippen LogP contribution is -2.24. The predicted octanol–water partition coefficient (Wildman–Crippen LogP) is 12.0. The van der Waals surface area contributed by atoms with E-state index in [1.807, 2.05) is 0 Å². The highest BCUT2D eigenvalue weighted by Gasteiger charge is 2.29. The van der Waals surface area contributed by atoms with Gasteiger partial charge in [0, 0.05) is 6.42 Å². The molecule has 0 aromatic heterocycles. The first-order valence-electron chi connectivity index (χ1n) is 15.4. The second-order valence-corrected chi connectivity index (χ2v) is 13.5. The van der Waals surface area contributed by atoms with Crippen molar-refractivity contribution in [1.29, 1.82) is 0 Å². The summed E-state index contributed by atoms with van der Waals surface area (Å²) in [5.41, 5.74) is 8.92. The Labute approximate surface area is 248 Å². The van der Waals surface area contributed by atoms with Crippen LogP contribution in [0, 0.1) is 34.5 Å². The summed E-state index contributed by atoms with van der Waals surface area (Å²) in [6.45, 7) is 22.8. The van der Waals surface area contributed by atoms with Crippen LogP contribution in [-0.4, -0.2) is 0 Å². The van der Waals surface area contributed by atoms with Gasteiger partial charge >= 0.3 is 0 Å². The molecular weight excluding hydrogens is 480 g/mol. The van der Waals surface area contributed by atoms with Crippen LogP contribution in [0.5, 0.6) is 0 Å². The summed E-state index contributed by atoms with van der Waals surface area (Å²) in [5.74, 6) is 7.77. The molecule has 0 N–H and O–H groups in total. The van der Waals surface area contributed by atoms with Crippen molar-refractivity contribution in [1.82, 2.24) is 0 Å². The number of hydrogen-bond donors (Lipinski definition) is 0. The van der Waals surface area contributed by atoms with E-state index in [0.717, 1.165) is 18.4 Å². The molecule has 0 spiro atoms. The molecule has 0 amide bonds. The third-order valence-electron chi connectivity index (χ3n) is 8.56. The van der Waals surface area contributed by atoms with Crippen molar-refractivity contribution in [3.05, 3.63) is 106 Å². The number of allylic oxidation sites excluding steroid dienone is 18. The summed E-state index contributed by atoms with van der Waals surface area (Å²) in [6.07, 6.45) is 33.7. The number of rotatable bonds is 10. The van der Waals surface area contributed by atoms with Gasteiger partial charge in [0.05, 0.1) is 0 Å². The fourth-order valence-electron chi connectivity index (χ4n) is 5.88. The Hall–Kier alpha value is -2.78. The van der Waals surface area contributed by atoms with Crippen LogP contribution >= 0.6 is 0 Å². The van der Waals surface area contributed by atoms with Crippen molar-refractivity contribution >= 4 is 0 Å². The van der Waals surface area contributed by atoms with E-state index in [2.05, 4.69) is 154 Å². The molecule has 0 heteroatoms. The van der Waals surface area contributed by atoms with Crippen LogP contribution in [-0.2, 0) is 0 Å². The van der Waals surface area contributed by atoms with Crippen molar-refractivity contribution in [3.63, 3.8) is 0 Å². The zero-order chi connectivity index (χ0) is 29.8. The van der Waals surface area contributed by atoms with Gasteiger partial charge in [0.2, 0.25) is 0 Å². The molecule has 0 fully saturated rings. The first kappa shape index (κ1) is 33.4. The van der Waals surface area contributed by atoms with Gasteiger partial charge in [0.1, 0.15) is 0 Å². The van der Waals surface area contributed by atoms with Crippen LogP contribution in [0.4, 0.5) is 0 Å². The molecule has 0 aromatic carbocycles. The fourth-order valence-corrected chi connectivity index (χ4v) is 5.88. The van der Waals surface area contributed by atoms with Crippen LogP contribution in [0.25, 0.3) is 0 Å². The SMILES string of the molecule is CC1=CC=CC(C)(C)C1CC/C(C)=C/C=C/C(C)=C/C=C/C=C(\C)C#CCC(C)/C=C/C1=C(C)CCCC1(C)C. The molecule has 216 valence electrons. The first-order chi connectivity index (χ1) is 18.8. The summed E-state index contributed by atoms with van der Waals surface area (Å²) < 4.78 is 0. The second kappa shape index (κ2) is 15.9. The normalized spacial score (nSPS) is 22.7. The second-order valence-electron chi connectivity index (χ2n) is 13.5. The minimum atomic E-state index is 0.248. The molecule has 2 atom stereocenters. The van der Waals surface area contributed by atoms with Crippen LogP contribution in [0.1, 0.15) is 108 Å². The standard InChI is InChI=1S/C40H56/c1-31(19-13-21-33(3)25-27-37-35(5)23-15-29-39(37,7)8)17-11-12-18-32(2)20-14-22-34(4)26-28-38-36(6)24-16-30-40(38,9)10/h11-13,15,17-19,21,23,26,28-29,34,37H,16,22,24-25,27,30H2,1-10H3/b12-11+,19-13+,28-26+,31-17+,32-18+,33-21+. The van der Waals surface area contributed by atoms with E-state index in [4.69, 9.17) is 0 Å². The molecule has 0 bridgehead atoms. The highest BCUT2D eigenvalue weighted by atomic mass is 14.3. The van der Waals surface area contributed by atoms with E-state index in [0.29, 0.717) is 17.3 Å². The Bertz CT molecular complexity index is 1190. The smallest absolute Gasteiger partial charge is 0.0153 e. The molecule has 2 unspecified atom stereocenters. The van der Waals surface area contributed by atoms with E-state index in [9.17, 15) is 0 Å². The van der Waals surface area contributed by atoms with Gasteiger partial charge in [0.25, 0.3) is 0 Å². The minimum Gasteiger partial charge on any atom is -0.0976 e. The van der Waals surface area contributed by atoms with Crippen LogP contribution < -0.4 is 0 Å². The maximum absolute atomic E-state index is 3.37. The van der Waals surface area contributed by atoms with Gasteiger partial charge in [-0.3, -0.25) is 0 Å². The van der Waals surface area contributed by atoms with Gasteiger partial charge in [-0.05, 0) is 101 Å². The molecule has 0 aliphatic heterocycles. The van der Waals surface area contributed by atoms with Crippen LogP contribution in [0.2, 0.25) is 0 Å². The quantitative estimate of drug-likeness (QED) is 0.192. The molecular formula is C40H56. The Morgan fingerprint density at radius 2 is 1.75 bits per heavy atom. The summed E-state index contributed by atoms with van der Waals surface area (Å²) in [6, 6.07) is 0. The van der Waals surface area contributed by atoms with Crippen molar-refractivity contribution < 1.29 is 0 Å². The monoisotopic (exact) mass is 536 g/mol. The summed E-state index contributed by atoms with van der Waals surface area (Å²) in [7, 11) is 0. The Kier molecular flexibility index (Phi) is 13.3.